The molecule has 0 heterocycles. The van der Waals surface area contributed by atoms with E-state index in [1.165, 1.54) is 54.6 Å². The van der Waals surface area contributed by atoms with Gasteiger partial charge in [-0.15, -0.1) is 0 Å². The molecule has 120 valence electrons. The molecule has 1 N–H and O–H groups in total. The number of hydrogen-bond acceptors (Lipinski definition) is 3. The molecule has 0 aliphatic carbocycles. The summed E-state index contributed by atoms with van der Waals surface area (Å²) in [6, 6.07) is 10.2. The summed E-state index contributed by atoms with van der Waals surface area (Å²) in [5, 5.41) is -0.0178. The zero-order chi connectivity index (χ0) is 17.0. The molecule has 0 amide bonds. The summed E-state index contributed by atoms with van der Waals surface area (Å²) in [7, 11) is -3.36. The molecule has 0 unspecified atom stereocenters. The lowest BCUT2D eigenvalue weighted by Gasteiger charge is -2.04. The maximum absolute atomic E-state index is 13.0. The first-order valence-electron chi connectivity index (χ1n) is 6.50. The van der Waals surface area contributed by atoms with E-state index < -0.39 is 15.8 Å². The summed E-state index contributed by atoms with van der Waals surface area (Å²) in [6.07, 6.45) is 3.90. The fraction of sp³-hybridized carbons (Fsp3) is 0.0625. The third-order valence-corrected chi connectivity index (χ3v) is 3.74. The summed E-state index contributed by atoms with van der Waals surface area (Å²) < 4.78 is 37.6. The van der Waals surface area contributed by atoms with E-state index in [2.05, 4.69) is 4.72 Å². The molecule has 0 spiro atoms. The summed E-state index contributed by atoms with van der Waals surface area (Å²) in [5.74, 6) is -0.791. The van der Waals surface area contributed by atoms with Crippen molar-refractivity contribution < 1.29 is 17.6 Å². The Kier molecular flexibility index (Phi) is 5.18. The van der Waals surface area contributed by atoms with E-state index in [9.17, 15) is 17.6 Å². The number of anilines is 1. The highest BCUT2D eigenvalue weighted by molar-refractivity contribution is 7.92. The number of carbonyl (C=O) groups is 1. The van der Waals surface area contributed by atoms with Gasteiger partial charge in [0.25, 0.3) is 0 Å². The standard InChI is InChI=1S/C16H13ClFNO3S/c1-23(21,22)19-13-6-4-12(5-7-13)16(20)9-3-11-2-8-15(18)14(17)10-11/h2-10,19H,1H3. The van der Waals surface area contributed by atoms with Crippen LogP contribution >= 0.6 is 11.6 Å². The summed E-state index contributed by atoms with van der Waals surface area (Å²) in [5.41, 5.74) is 1.37. The van der Waals surface area contributed by atoms with Crippen LogP contribution in [0.1, 0.15) is 15.9 Å². The van der Waals surface area contributed by atoms with Gasteiger partial charge < -0.3 is 0 Å². The SMILES string of the molecule is CS(=O)(=O)Nc1ccc(C(=O)C=Cc2ccc(F)c(Cl)c2)cc1. The Bertz CT molecular complexity index is 861. The van der Waals surface area contributed by atoms with Crippen molar-refractivity contribution in [1.29, 1.82) is 0 Å². The summed E-state index contributed by atoms with van der Waals surface area (Å²) in [4.78, 5) is 12.0. The number of hydrogen-bond donors (Lipinski definition) is 1. The maximum Gasteiger partial charge on any atom is 0.229 e. The second-order valence-electron chi connectivity index (χ2n) is 4.82. The Morgan fingerprint density at radius 2 is 1.83 bits per heavy atom. The van der Waals surface area contributed by atoms with Crippen molar-refractivity contribution in [3.63, 3.8) is 0 Å². The number of benzene rings is 2. The molecule has 0 radical (unpaired) electrons. The van der Waals surface area contributed by atoms with Crippen LogP contribution in [0.4, 0.5) is 10.1 Å². The van der Waals surface area contributed by atoms with Gasteiger partial charge in [-0.25, -0.2) is 12.8 Å². The lowest BCUT2D eigenvalue weighted by Crippen LogP contribution is -2.09. The third kappa shape index (κ3) is 5.19. The van der Waals surface area contributed by atoms with E-state index in [1.54, 1.807) is 0 Å². The largest absolute Gasteiger partial charge is 0.289 e. The molecule has 0 bridgehead atoms. The van der Waals surface area contributed by atoms with Crippen LogP contribution in [0.5, 0.6) is 0 Å². The van der Waals surface area contributed by atoms with Gasteiger partial charge >= 0.3 is 0 Å². The van der Waals surface area contributed by atoms with Crippen molar-refractivity contribution in [1.82, 2.24) is 0 Å². The van der Waals surface area contributed by atoms with Crippen molar-refractivity contribution in [3.05, 3.63) is 70.5 Å². The minimum Gasteiger partial charge on any atom is -0.289 e. The monoisotopic (exact) mass is 353 g/mol. The van der Waals surface area contributed by atoms with Crippen LogP contribution in [0.3, 0.4) is 0 Å². The topological polar surface area (TPSA) is 63.2 Å². The first kappa shape index (κ1) is 17.2. The van der Waals surface area contributed by atoms with E-state index in [4.69, 9.17) is 11.6 Å². The highest BCUT2D eigenvalue weighted by Gasteiger charge is 2.05. The van der Waals surface area contributed by atoms with Gasteiger partial charge in [0.2, 0.25) is 10.0 Å². The van der Waals surface area contributed by atoms with Crippen LogP contribution in [0.25, 0.3) is 6.08 Å². The number of nitrogens with one attached hydrogen (secondary N) is 1. The van der Waals surface area contributed by atoms with E-state index in [0.29, 0.717) is 16.8 Å². The van der Waals surface area contributed by atoms with Gasteiger partial charge in [0.15, 0.2) is 5.78 Å². The quantitative estimate of drug-likeness (QED) is 0.657. The van der Waals surface area contributed by atoms with Crippen LogP contribution in [-0.2, 0) is 10.0 Å². The number of carbonyl (C=O) groups excluding carboxylic acids is 1. The minimum absolute atomic E-state index is 0.0178. The van der Waals surface area contributed by atoms with Crippen molar-refractivity contribution in [2.45, 2.75) is 0 Å². The Morgan fingerprint density at radius 1 is 1.17 bits per heavy atom. The first-order valence-corrected chi connectivity index (χ1v) is 8.77. The maximum atomic E-state index is 13.0. The molecule has 0 atom stereocenters. The van der Waals surface area contributed by atoms with Crippen molar-refractivity contribution in [2.24, 2.45) is 0 Å². The molecule has 2 rings (SSSR count). The van der Waals surface area contributed by atoms with E-state index in [0.717, 1.165) is 6.26 Å². The van der Waals surface area contributed by atoms with Crippen LogP contribution < -0.4 is 4.72 Å². The average molecular weight is 354 g/mol. The van der Waals surface area contributed by atoms with E-state index in [-0.39, 0.29) is 10.8 Å². The second-order valence-corrected chi connectivity index (χ2v) is 6.98. The fourth-order valence-electron chi connectivity index (χ4n) is 1.80. The van der Waals surface area contributed by atoms with Gasteiger partial charge in [0.05, 0.1) is 11.3 Å². The smallest absolute Gasteiger partial charge is 0.229 e. The minimum atomic E-state index is -3.36. The van der Waals surface area contributed by atoms with Crippen LogP contribution in [0.15, 0.2) is 48.5 Å². The lowest BCUT2D eigenvalue weighted by molar-refractivity contribution is 0.104. The van der Waals surface area contributed by atoms with Crippen LogP contribution in [-0.4, -0.2) is 20.5 Å². The third-order valence-electron chi connectivity index (χ3n) is 2.84. The first-order chi connectivity index (χ1) is 10.7. The number of halogens is 2. The van der Waals surface area contributed by atoms with Gasteiger partial charge in [-0.05, 0) is 48.0 Å². The highest BCUT2D eigenvalue weighted by atomic mass is 35.5. The Hall–Kier alpha value is -2.18. The van der Waals surface area contributed by atoms with Crippen molar-refractivity contribution in [3.8, 4) is 0 Å². The van der Waals surface area contributed by atoms with Crippen LogP contribution in [0, 0.1) is 5.82 Å². The zero-order valence-corrected chi connectivity index (χ0v) is 13.7. The average Bonchev–Trinajstić information content (AvgIpc) is 2.47. The Balaban J connectivity index is 2.11. The number of rotatable bonds is 5. The number of ketones is 1. The molecular weight excluding hydrogens is 341 g/mol. The van der Waals surface area contributed by atoms with Crippen molar-refractivity contribution >= 4 is 39.2 Å². The molecule has 2 aromatic rings. The van der Waals surface area contributed by atoms with Crippen LogP contribution in [0.2, 0.25) is 5.02 Å². The molecule has 2 aromatic carbocycles. The van der Waals surface area contributed by atoms with Gasteiger partial charge in [0, 0.05) is 11.3 Å². The van der Waals surface area contributed by atoms with Gasteiger partial charge in [-0.2, -0.15) is 0 Å². The highest BCUT2D eigenvalue weighted by Crippen LogP contribution is 2.17. The molecule has 0 fully saturated rings. The number of sulfonamides is 1. The molecule has 4 nitrogen and oxygen atoms in total. The molecular formula is C16H13ClFNO3S. The molecule has 23 heavy (non-hydrogen) atoms. The molecule has 0 saturated heterocycles. The number of allylic oxidation sites excluding steroid dienone is 1. The summed E-state index contributed by atoms with van der Waals surface area (Å²) >= 11 is 5.67. The summed E-state index contributed by atoms with van der Waals surface area (Å²) in [6.45, 7) is 0. The van der Waals surface area contributed by atoms with Gasteiger partial charge in [-0.3, -0.25) is 9.52 Å². The molecule has 0 saturated carbocycles. The fourth-order valence-corrected chi connectivity index (χ4v) is 2.55. The molecule has 7 heteroatoms. The van der Waals surface area contributed by atoms with Gasteiger partial charge in [0.1, 0.15) is 5.82 Å². The Labute approximate surface area is 138 Å². The Morgan fingerprint density at radius 3 is 2.39 bits per heavy atom. The van der Waals surface area contributed by atoms with E-state index in [1.807, 2.05) is 0 Å². The molecule has 0 aliphatic rings. The predicted molar refractivity (Wildman–Crippen MR) is 89.7 cm³/mol. The lowest BCUT2D eigenvalue weighted by atomic mass is 10.1. The predicted octanol–water partition coefficient (Wildman–Crippen LogP) is 3.75. The van der Waals surface area contributed by atoms with Crippen molar-refractivity contribution in [2.75, 3.05) is 11.0 Å². The van der Waals surface area contributed by atoms with Gasteiger partial charge in [-0.1, -0.05) is 23.7 Å². The van der Waals surface area contributed by atoms with E-state index >= 15 is 0 Å². The molecule has 0 aromatic heterocycles. The second kappa shape index (κ2) is 6.93. The molecule has 0 aliphatic heterocycles. The zero-order valence-electron chi connectivity index (χ0n) is 12.1. The normalized spacial score (nSPS) is 11.6.